The summed E-state index contributed by atoms with van der Waals surface area (Å²) in [4.78, 5) is 6.34. The van der Waals surface area contributed by atoms with E-state index in [4.69, 9.17) is 0 Å². The summed E-state index contributed by atoms with van der Waals surface area (Å²) in [5.74, 6) is 1.18. The van der Waals surface area contributed by atoms with E-state index in [2.05, 4.69) is 16.9 Å². The van der Waals surface area contributed by atoms with E-state index in [0.717, 1.165) is 6.42 Å². The first kappa shape index (κ1) is 10.6. The molecule has 0 radical (unpaired) electrons. The molecule has 1 aliphatic carbocycles. The van der Waals surface area contributed by atoms with Crippen LogP contribution >= 0.6 is 0 Å². The van der Waals surface area contributed by atoms with E-state index in [0.29, 0.717) is 18.4 Å². The summed E-state index contributed by atoms with van der Waals surface area (Å²) in [6, 6.07) is 0. The molecule has 0 saturated heterocycles. The van der Waals surface area contributed by atoms with Crippen LogP contribution in [0.3, 0.4) is 0 Å². The molecule has 5 nitrogen and oxygen atoms in total. The fourth-order valence-electron chi connectivity index (χ4n) is 1.63. The summed E-state index contributed by atoms with van der Waals surface area (Å²) in [7, 11) is -1.75. The molecule has 15 heavy (non-hydrogen) atoms. The molecule has 0 aromatic carbocycles. The van der Waals surface area contributed by atoms with Gasteiger partial charge in [-0.25, -0.2) is 13.4 Å². The highest BCUT2D eigenvalue weighted by Gasteiger charge is 2.36. The highest BCUT2D eigenvalue weighted by molar-refractivity contribution is 7.89. The molecule has 1 aromatic rings. The van der Waals surface area contributed by atoms with Gasteiger partial charge in [0.05, 0.1) is 12.5 Å². The maximum absolute atomic E-state index is 11.9. The Morgan fingerprint density at radius 1 is 1.67 bits per heavy atom. The molecule has 84 valence electrons. The van der Waals surface area contributed by atoms with Crippen LogP contribution in [-0.4, -0.2) is 36.3 Å². The van der Waals surface area contributed by atoms with E-state index in [1.807, 2.05) is 0 Å². The van der Waals surface area contributed by atoms with Crippen molar-refractivity contribution in [3.05, 3.63) is 12.5 Å². The van der Waals surface area contributed by atoms with E-state index in [9.17, 15) is 8.42 Å². The van der Waals surface area contributed by atoms with Gasteiger partial charge in [-0.1, -0.05) is 6.92 Å². The van der Waals surface area contributed by atoms with Crippen LogP contribution in [0, 0.1) is 11.8 Å². The lowest BCUT2D eigenvalue weighted by atomic mass is 10.3. The number of H-pyrrole nitrogens is 1. The highest BCUT2D eigenvalue weighted by Crippen LogP contribution is 2.38. The number of aromatic nitrogens is 2. The average Bonchev–Trinajstić information content (AvgIpc) is 2.73. The number of nitrogens with one attached hydrogen (secondary N) is 1. The summed E-state index contributed by atoms with van der Waals surface area (Å²) < 4.78 is 25.2. The summed E-state index contributed by atoms with van der Waals surface area (Å²) >= 11 is 0. The molecule has 2 rings (SSSR count). The van der Waals surface area contributed by atoms with E-state index >= 15 is 0 Å². The van der Waals surface area contributed by atoms with E-state index in [-0.39, 0.29) is 5.03 Å². The van der Waals surface area contributed by atoms with E-state index in [1.54, 1.807) is 7.05 Å². The number of hydrogen-bond donors (Lipinski definition) is 1. The molecule has 1 aromatic heterocycles. The minimum atomic E-state index is -3.36. The van der Waals surface area contributed by atoms with Gasteiger partial charge in [-0.15, -0.1) is 0 Å². The van der Waals surface area contributed by atoms with Crippen LogP contribution in [-0.2, 0) is 10.0 Å². The lowest BCUT2D eigenvalue weighted by molar-refractivity contribution is 0.443. The topological polar surface area (TPSA) is 66.1 Å². The standard InChI is InChI=1S/C9H15N3O2S/c1-7-3-8(7)5-12(2)15(13,14)9-4-10-6-11-9/h4,6-8H,3,5H2,1-2H3,(H,10,11). The van der Waals surface area contributed by atoms with Crippen LogP contribution in [0.4, 0.5) is 0 Å². The molecule has 1 N–H and O–H groups in total. The van der Waals surface area contributed by atoms with Crippen LogP contribution in [0.15, 0.2) is 17.6 Å². The minimum absolute atomic E-state index is 0.165. The van der Waals surface area contributed by atoms with Crippen molar-refractivity contribution in [2.75, 3.05) is 13.6 Å². The van der Waals surface area contributed by atoms with Gasteiger partial charge in [0.25, 0.3) is 10.0 Å². The predicted octanol–water partition coefficient (Wildman–Crippen LogP) is 0.686. The van der Waals surface area contributed by atoms with Crippen molar-refractivity contribution in [2.24, 2.45) is 11.8 Å². The van der Waals surface area contributed by atoms with Crippen LogP contribution < -0.4 is 0 Å². The lowest BCUT2D eigenvalue weighted by Gasteiger charge is -2.15. The zero-order valence-electron chi connectivity index (χ0n) is 8.84. The van der Waals surface area contributed by atoms with Crippen LogP contribution in [0.25, 0.3) is 0 Å². The molecule has 1 fully saturated rings. The normalized spacial score (nSPS) is 25.8. The SMILES string of the molecule is CC1CC1CN(C)S(=O)(=O)c1cnc[nH]1. The third-order valence-electron chi connectivity index (χ3n) is 2.93. The monoisotopic (exact) mass is 229 g/mol. The molecule has 0 bridgehead atoms. The number of aromatic amines is 1. The first-order valence-corrected chi connectivity index (χ1v) is 6.40. The van der Waals surface area contributed by atoms with Crippen molar-refractivity contribution in [3.63, 3.8) is 0 Å². The van der Waals surface area contributed by atoms with Crippen molar-refractivity contribution in [3.8, 4) is 0 Å². The number of rotatable bonds is 4. The van der Waals surface area contributed by atoms with Gasteiger partial charge in [-0.05, 0) is 18.3 Å². The summed E-state index contributed by atoms with van der Waals surface area (Å²) in [5.41, 5.74) is 0. The van der Waals surface area contributed by atoms with Crippen LogP contribution in [0.1, 0.15) is 13.3 Å². The number of nitrogens with zero attached hydrogens (tertiary/aromatic N) is 2. The molecular formula is C9H15N3O2S. The van der Waals surface area contributed by atoms with Crippen LogP contribution in [0.5, 0.6) is 0 Å². The summed E-state index contributed by atoms with van der Waals surface area (Å²) in [5, 5.41) is 0.165. The molecule has 0 aliphatic heterocycles. The first-order valence-electron chi connectivity index (χ1n) is 4.96. The fraction of sp³-hybridized carbons (Fsp3) is 0.667. The second-order valence-electron chi connectivity index (χ2n) is 4.17. The Hall–Kier alpha value is -0.880. The Bertz CT molecular complexity index is 426. The van der Waals surface area contributed by atoms with Gasteiger partial charge in [0.1, 0.15) is 0 Å². The zero-order valence-corrected chi connectivity index (χ0v) is 9.66. The Morgan fingerprint density at radius 2 is 2.33 bits per heavy atom. The number of sulfonamides is 1. The van der Waals surface area contributed by atoms with Gasteiger partial charge in [-0.2, -0.15) is 4.31 Å². The number of hydrogen-bond acceptors (Lipinski definition) is 3. The van der Waals surface area contributed by atoms with Gasteiger partial charge in [0.2, 0.25) is 0 Å². The molecule has 0 amide bonds. The maximum atomic E-state index is 11.9. The Balaban J connectivity index is 2.09. The van der Waals surface area contributed by atoms with E-state index < -0.39 is 10.0 Å². The van der Waals surface area contributed by atoms with Gasteiger partial charge < -0.3 is 4.98 Å². The van der Waals surface area contributed by atoms with Crippen molar-refractivity contribution >= 4 is 10.0 Å². The Morgan fingerprint density at radius 3 is 2.80 bits per heavy atom. The molecule has 6 heteroatoms. The third kappa shape index (κ3) is 2.05. The maximum Gasteiger partial charge on any atom is 0.259 e. The quantitative estimate of drug-likeness (QED) is 0.826. The Kier molecular flexibility index (Phi) is 2.56. The van der Waals surface area contributed by atoms with Crippen LogP contribution in [0.2, 0.25) is 0 Å². The van der Waals surface area contributed by atoms with Gasteiger partial charge in [0.15, 0.2) is 5.03 Å². The molecular weight excluding hydrogens is 214 g/mol. The largest absolute Gasteiger partial charge is 0.335 e. The summed E-state index contributed by atoms with van der Waals surface area (Å²) in [6.45, 7) is 2.74. The second kappa shape index (κ2) is 3.61. The molecule has 1 aliphatic rings. The lowest BCUT2D eigenvalue weighted by Crippen LogP contribution is -2.29. The smallest absolute Gasteiger partial charge is 0.259 e. The Labute approximate surface area is 89.6 Å². The molecule has 2 unspecified atom stereocenters. The minimum Gasteiger partial charge on any atom is -0.335 e. The fourth-order valence-corrected chi connectivity index (χ4v) is 2.75. The van der Waals surface area contributed by atoms with Crippen molar-refractivity contribution in [1.82, 2.24) is 14.3 Å². The van der Waals surface area contributed by atoms with Crippen molar-refractivity contribution in [1.29, 1.82) is 0 Å². The van der Waals surface area contributed by atoms with Crippen molar-refractivity contribution < 1.29 is 8.42 Å². The third-order valence-corrected chi connectivity index (χ3v) is 4.68. The molecule has 0 spiro atoms. The van der Waals surface area contributed by atoms with Gasteiger partial charge in [-0.3, -0.25) is 0 Å². The first-order chi connectivity index (χ1) is 7.01. The zero-order chi connectivity index (χ0) is 11.1. The molecule has 2 atom stereocenters. The predicted molar refractivity (Wildman–Crippen MR) is 55.7 cm³/mol. The van der Waals surface area contributed by atoms with Crippen molar-refractivity contribution in [2.45, 2.75) is 18.4 Å². The molecule has 1 heterocycles. The van der Waals surface area contributed by atoms with Gasteiger partial charge >= 0.3 is 0 Å². The number of imidazole rings is 1. The summed E-state index contributed by atoms with van der Waals surface area (Å²) in [6.07, 6.45) is 3.84. The molecule has 1 saturated carbocycles. The average molecular weight is 229 g/mol. The highest BCUT2D eigenvalue weighted by atomic mass is 32.2. The van der Waals surface area contributed by atoms with Gasteiger partial charge in [0, 0.05) is 13.6 Å². The van der Waals surface area contributed by atoms with E-state index in [1.165, 1.54) is 16.8 Å². The second-order valence-corrected chi connectivity index (χ2v) is 6.19.